The first-order valence-electron chi connectivity index (χ1n) is 7.08. The molecule has 5 nitrogen and oxygen atoms in total. The van der Waals surface area contributed by atoms with E-state index in [9.17, 15) is 13.2 Å². The Morgan fingerprint density at radius 2 is 2.14 bits per heavy atom. The highest BCUT2D eigenvalue weighted by Gasteiger charge is 2.33. The zero-order valence-corrected chi connectivity index (χ0v) is 13.5. The highest BCUT2D eigenvalue weighted by molar-refractivity contribution is 7.09. The number of hydrogen-bond donors (Lipinski definition) is 2. The van der Waals surface area contributed by atoms with Crippen LogP contribution in [-0.4, -0.2) is 43.8 Å². The Kier molecular flexibility index (Phi) is 8.18. The molecule has 1 rings (SSSR count). The zero-order valence-electron chi connectivity index (χ0n) is 12.7. The summed E-state index contributed by atoms with van der Waals surface area (Å²) < 4.78 is 42.5. The summed E-state index contributed by atoms with van der Waals surface area (Å²) in [6.45, 7) is 6.73. The molecule has 1 heterocycles. The average molecular weight is 338 g/mol. The minimum absolute atomic E-state index is 0.413. The SMILES string of the molecule is CCNC(=NCCOCC)NCCc1nc(C(F)(F)F)cs1. The molecular weight excluding hydrogens is 317 g/mol. The Morgan fingerprint density at radius 3 is 2.73 bits per heavy atom. The van der Waals surface area contributed by atoms with Crippen LogP contribution in [0.1, 0.15) is 24.5 Å². The molecule has 0 spiro atoms. The smallest absolute Gasteiger partial charge is 0.380 e. The minimum atomic E-state index is -4.38. The molecule has 0 bridgehead atoms. The van der Waals surface area contributed by atoms with Gasteiger partial charge in [-0.15, -0.1) is 11.3 Å². The molecule has 9 heteroatoms. The van der Waals surface area contributed by atoms with Crippen molar-refractivity contribution in [3.8, 4) is 0 Å². The number of guanidine groups is 1. The molecule has 0 unspecified atom stereocenters. The van der Waals surface area contributed by atoms with Crippen LogP contribution in [0.5, 0.6) is 0 Å². The molecule has 2 N–H and O–H groups in total. The highest BCUT2D eigenvalue weighted by atomic mass is 32.1. The molecule has 0 saturated carbocycles. The second kappa shape index (κ2) is 9.62. The van der Waals surface area contributed by atoms with Crippen LogP contribution >= 0.6 is 11.3 Å². The van der Waals surface area contributed by atoms with Crippen molar-refractivity contribution in [2.75, 3.05) is 32.8 Å². The summed E-state index contributed by atoms with van der Waals surface area (Å²) in [5.41, 5.74) is -0.829. The molecular formula is C13H21F3N4OS. The summed E-state index contributed by atoms with van der Waals surface area (Å²) >= 11 is 1.01. The Morgan fingerprint density at radius 1 is 1.36 bits per heavy atom. The predicted octanol–water partition coefficient (Wildman–Crippen LogP) is 2.30. The number of nitrogens with one attached hydrogen (secondary N) is 2. The van der Waals surface area contributed by atoms with Gasteiger partial charge >= 0.3 is 6.18 Å². The topological polar surface area (TPSA) is 58.5 Å². The first kappa shape index (κ1) is 18.7. The molecule has 0 atom stereocenters. The van der Waals surface area contributed by atoms with Crippen molar-refractivity contribution in [3.63, 3.8) is 0 Å². The highest BCUT2D eigenvalue weighted by Crippen LogP contribution is 2.29. The van der Waals surface area contributed by atoms with Gasteiger partial charge in [0.1, 0.15) is 0 Å². The van der Waals surface area contributed by atoms with E-state index in [0.717, 1.165) is 16.7 Å². The molecule has 1 aromatic heterocycles. The number of aliphatic imine (C=N–C) groups is 1. The van der Waals surface area contributed by atoms with Gasteiger partial charge in [-0.25, -0.2) is 4.98 Å². The van der Waals surface area contributed by atoms with Gasteiger partial charge in [0, 0.05) is 31.5 Å². The molecule has 22 heavy (non-hydrogen) atoms. The monoisotopic (exact) mass is 338 g/mol. The van der Waals surface area contributed by atoms with Crippen molar-refractivity contribution < 1.29 is 17.9 Å². The molecule has 0 aliphatic carbocycles. The van der Waals surface area contributed by atoms with Gasteiger partial charge < -0.3 is 15.4 Å². The lowest BCUT2D eigenvalue weighted by Crippen LogP contribution is -2.38. The molecule has 0 amide bonds. The van der Waals surface area contributed by atoms with Crippen LogP contribution in [0.25, 0.3) is 0 Å². The van der Waals surface area contributed by atoms with E-state index in [-0.39, 0.29) is 0 Å². The average Bonchev–Trinajstić information content (AvgIpc) is 2.92. The number of rotatable bonds is 8. The van der Waals surface area contributed by atoms with E-state index in [1.807, 2.05) is 13.8 Å². The third-order valence-corrected chi connectivity index (χ3v) is 3.44. The van der Waals surface area contributed by atoms with Gasteiger partial charge in [0.25, 0.3) is 0 Å². The quantitative estimate of drug-likeness (QED) is 0.434. The molecule has 1 aromatic rings. The maximum Gasteiger partial charge on any atom is 0.434 e. The Hall–Kier alpha value is -1.35. The second-order valence-electron chi connectivity index (χ2n) is 4.26. The fourth-order valence-electron chi connectivity index (χ4n) is 1.55. The first-order chi connectivity index (χ1) is 10.5. The normalized spacial score (nSPS) is 12.5. The number of alkyl halides is 3. The van der Waals surface area contributed by atoms with Gasteiger partial charge in [-0.05, 0) is 13.8 Å². The minimum Gasteiger partial charge on any atom is -0.380 e. The Labute approximate surface area is 132 Å². The van der Waals surface area contributed by atoms with Gasteiger partial charge in [0.05, 0.1) is 18.2 Å². The molecule has 0 radical (unpaired) electrons. The van der Waals surface area contributed by atoms with Crippen molar-refractivity contribution in [1.29, 1.82) is 0 Å². The van der Waals surface area contributed by atoms with E-state index in [1.165, 1.54) is 0 Å². The largest absolute Gasteiger partial charge is 0.434 e. The van der Waals surface area contributed by atoms with E-state index >= 15 is 0 Å². The van der Waals surface area contributed by atoms with Crippen LogP contribution in [0.4, 0.5) is 13.2 Å². The standard InChI is InChI=1S/C13H21F3N4OS/c1-3-17-12(19-7-8-21-4-2)18-6-5-11-20-10(9-22-11)13(14,15)16/h9H,3-8H2,1-2H3,(H2,17,18,19). The van der Waals surface area contributed by atoms with Crippen molar-refractivity contribution in [1.82, 2.24) is 15.6 Å². The summed E-state index contributed by atoms with van der Waals surface area (Å²) in [5.74, 6) is 0.620. The fraction of sp³-hybridized carbons (Fsp3) is 0.692. The summed E-state index contributed by atoms with van der Waals surface area (Å²) in [7, 11) is 0. The summed E-state index contributed by atoms with van der Waals surface area (Å²) in [6, 6.07) is 0. The van der Waals surface area contributed by atoms with Gasteiger partial charge in [-0.2, -0.15) is 13.2 Å². The van der Waals surface area contributed by atoms with E-state index < -0.39 is 11.9 Å². The van der Waals surface area contributed by atoms with Crippen LogP contribution in [0, 0.1) is 0 Å². The number of aromatic nitrogens is 1. The third-order valence-electron chi connectivity index (χ3n) is 2.53. The molecule has 0 fully saturated rings. The number of thiazole rings is 1. The second-order valence-corrected chi connectivity index (χ2v) is 5.20. The summed E-state index contributed by atoms with van der Waals surface area (Å²) in [5, 5.41) is 7.61. The van der Waals surface area contributed by atoms with E-state index in [0.29, 0.717) is 50.2 Å². The van der Waals surface area contributed by atoms with Gasteiger partial charge in [-0.3, -0.25) is 4.99 Å². The molecule has 0 aliphatic rings. The van der Waals surface area contributed by atoms with Gasteiger partial charge in [-0.1, -0.05) is 0 Å². The lowest BCUT2D eigenvalue weighted by molar-refractivity contribution is -0.140. The third kappa shape index (κ3) is 7.08. The van der Waals surface area contributed by atoms with Crippen LogP contribution in [0.2, 0.25) is 0 Å². The lowest BCUT2D eigenvalue weighted by atomic mass is 10.4. The summed E-state index contributed by atoms with van der Waals surface area (Å²) in [6.07, 6.45) is -3.96. The maximum atomic E-state index is 12.4. The number of hydrogen-bond acceptors (Lipinski definition) is 4. The molecule has 126 valence electrons. The molecule has 0 aliphatic heterocycles. The van der Waals surface area contributed by atoms with Crippen LogP contribution in [0.3, 0.4) is 0 Å². The van der Waals surface area contributed by atoms with E-state index in [4.69, 9.17) is 4.74 Å². The Bertz CT molecular complexity index is 462. The maximum absolute atomic E-state index is 12.4. The zero-order chi connectivity index (χ0) is 16.4. The van der Waals surface area contributed by atoms with E-state index in [1.54, 1.807) is 0 Å². The summed E-state index contributed by atoms with van der Waals surface area (Å²) in [4.78, 5) is 7.88. The van der Waals surface area contributed by atoms with Crippen LogP contribution < -0.4 is 10.6 Å². The molecule has 0 aromatic carbocycles. The van der Waals surface area contributed by atoms with E-state index in [2.05, 4.69) is 20.6 Å². The first-order valence-corrected chi connectivity index (χ1v) is 7.96. The van der Waals surface area contributed by atoms with Gasteiger partial charge in [0.15, 0.2) is 11.7 Å². The fourth-order valence-corrected chi connectivity index (χ4v) is 2.36. The van der Waals surface area contributed by atoms with Gasteiger partial charge in [0.2, 0.25) is 0 Å². The lowest BCUT2D eigenvalue weighted by Gasteiger charge is -2.10. The Balaban J connectivity index is 2.40. The van der Waals surface area contributed by atoms with Crippen LogP contribution in [0.15, 0.2) is 10.4 Å². The van der Waals surface area contributed by atoms with Crippen molar-refractivity contribution in [2.45, 2.75) is 26.4 Å². The van der Waals surface area contributed by atoms with Crippen molar-refractivity contribution in [2.24, 2.45) is 4.99 Å². The number of ether oxygens (including phenoxy) is 1. The predicted molar refractivity (Wildman–Crippen MR) is 81.3 cm³/mol. The van der Waals surface area contributed by atoms with Crippen molar-refractivity contribution >= 4 is 17.3 Å². The van der Waals surface area contributed by atoms with Crippen molar-refractivity contribution in [3.05, 3.63) is 16.1 Å². The number of nitrogens with zero attached hydrogens (tertiary/aromatic N) is 2. The van der Waals surface area contributed by atoms with Crippen LogP contribution in [-0.2, 0) is 17.3 Å². The number of halogens is 3. The molecule has 0 saturated heterocycles.